The van der Waals surface area contributed by atoms with Crippen LogP contribution in [0.4, 0.5) is 18.9 Å². The fourth-order valence-corrected chi connectivity index (χ4v) is 3.77. The fourth-order valence-electron chi connectivity index (χ4n) is 2.34. The molecule has 0 saturated heterocycles. The van der Waals surface area contributed by atoms with E-state index in [1.54, 1.807) is 0 Å². The van der Waals surface area contributed by atoms with Gasteiger partial charge in [-0.1, -0.05) is 12.1 Å². The minimum Gasteiger partial charge on any atom is -0.465 e. The summed E-state index contributed by atoms with van der Waals surface area (Å²) in [6.45, 7) is 1.19. The summed E-state index contributed by atoms with van der Waals surface area (Å²) in [5.41, 5.74) is -0.842. The van der Waals surface area contributed by atoms with Crippen molar-refractivity contribution in [1.82, 2.24) is 4.72 Å². The number of halogens is 3. The minimum absolute atomic E-state index is 0.239. The average molecular weight is 430 g/mol. The molecule has 0 aromatic heterocycles. The molecule has 0 fully saturated rings. The van der Waals surface area contributed by atoms with Gasteiger partial charge in [0.05, 0.1) is 29.2 Å². The Morgan fingerprint density at radius 3 is 2.17 bits per heavy atom. The molecule has 0 unspecified atom stereocenters. The van der Waals surface area contributed by atoms with E-state index in [0.29, 0.717) is 6.07 Å². The second-order valence-electron chi connectivity index (χ2n) is 5.90. The molecule has 1 atom stereocenters. The highest BCUT2D eigenvalue weighted by Gasteiger charge is 2.37. The zero-order valence-corrected chi connectivity index (χ0v) is 16.1. The normalized spacial score (nSPS) is 12.9. The van der Waals surface area contributed by atoms with E-state index in [-0.39, 0.29) is 11.3 Å². The molecule has 0 aliphatic rings. The van der Waals surface area contributed by atoms with Crippen LogP contribution in [0.15, 0.2) is 53.4 Å². The molecule has 0 aliphatic carbocycles. The van der Waals surface area contributed by atoms with Crippen molar-refractivity contribution in [3.8, 4) is 0 Å². The van der Waals surface area contributed by atoms with Gasteiger partial charge in [0.15, 0.2) is 0 Å². The quantitative estimate of drug-likeness (QED) is 0.687. The first-order valence-electron chi connectivity index (χ1n) is 8.13. The molecule has 0 spiro atoms. The standard InChI is InChI=1S/C18H17F3N2O5S/c1-11(16(24)22-13-9-7-12(8-10-13)17(25)28-2)23-29(26,27)15-6-4-3-5-14(15)18(19,20)21/h3-11,23H,1-2H3,(H,22,24)/t11-/m1/s1. The summed E-state index contributed by atoms with van der Waals surface area (Å²) < 4.78 is 70.4. The third kappa shape index (κ3) is 5.55. The van der Waals surface area contributed by atoms with Crippen molar-refractivity contribution in [3.63, 3.8) is 0 Å². The Bertz CT molecular complexity index is 1000. The second-order valence-corrected chi connectivity index (χ2v) is 7.58. The molecule has 0 heterocycles. The summed E-state index contributed by atoms with van der Waals surface area (Å²) in [5, 5.41) is 2.40. The summed E-state index contributed by atoms with van der Waals surface area (Å²) in [6.07, 6.45) is -4.88. The molecule has 0 radical (unpaired) electrons. The van der Waals surface area contributed by atoms with Crippen molar-refractivity contribution in [2.24, 2.45) is 0 Å². The maximum absolute atomic E-state index is 13.1. The van der Waals surface area contributed by atoms with Gasteiger partial charge in [0.2, 0.25) is 15.9 Å². The van der Waals surface area contributed by atoms with Gasteiger partial charge in [-0.05, 0) is 43.3 Å². The summed E-state index contributed by atoms with van der Waals surface area (Å²) in [6, 6.07) is 7.85. The largest absolute Gasteiger partial charge is 0.465 e. The highest BCUT2D eigenvalue weighted by molar-refractivity contribution is 7.89. The summed E-state index contributed by atoms with van der Waals surface area (Å²) in [5.74, 6) is -1.38. The van der Waals surface area contributed by atoms with Crippen molar-refractivity contribution in [2.45, 2.75) is 24.0 Å². The predicted molar refractivity (Wildman–Crippen MR) is 97.6 cm³/mol. The van der Waals surface area contributed by atoms with Gasteiger partial charge in [0, 0.05) is 5.69 Å². The lowest BCUT2D eigenvalue weighted by molar-refractivity contribution is -0.139. The Labute approximate surface area is 164 Å². The third-order valence-electron chi connectivity index (χ3n) is 3.78. The van der Waals surface area contributed by atoms with Gasteiger partial charge in [-0.15, -0.1) is 0 Å². The van der Waals surface area contributed by atoms with Gasteiger partial charge in [0.25, 0.3) is 0 Å². The molecular weight excluding hydrogens is 413 g/mol. The van der Waals surface area contributed by atoms with Crippen molar-refractivity contribution >= 4 is 27.6 Å². The van der Waals surface area contributed by atoms with Crippen LogP contribution in [0, 0.1) is 0 Å². The first kappa shape index (κ1) is 22.4. The molecule has 7 nitrogen and oxygen atoms in total. The molecule has 2 rings (SSSR count). The number of benzene rings is 2. The highest BCUT2D eigenvalue weighted by atomic mass is 32.2. The number of carbonyl (C=O) groups excluding carboxylic acids is 2. The van der Waals surface area contributed by atoms with Crippen LogP contribution < -0.4 is 10.0 Å². The molecule has 0 aliphatic heterocycles. The average Bonchev–Trinajstić information content (AvgIpc) is 2.67. The smallest absolute Gasteiger partial charge is 0.417 e. The number of ether oxygens (including phenoxy) is 1. The van der Waals surface area contributed by atoms with Crippen LogP contribution in [-0.4, -0.2) is 33.4 Å². The van der Waals surface area contributed by atoms with Crippen LogP contribution in [0.2, 0.25) is 0 Å². The number of sulfonamides is 1. The number of alkyl halides is 3. The Morgan fingerprint density at radius 2 is 1.62 bits per heavy atom. The van der Waals surface area contributed by atoms with Crippen molar-refractivity contribution in [3.05, 3.63) is 59.7 Å². The van der Waals surface area contributed by atoms with Gasteiger partial charge in [0.1, 0.15) is 0 Å². The highest BCUT2D eigenvalue weighted by Crippen LogP contribution is 2.33. The second kappa shape index (κ2) is 8.62. The van der Waals surface area contributed by atoms with E-state index >= 15 is 0 Å². The van der Waals surface area contributed by atoms with E-state index < -0.39 is 44.6 Å². The van der Waals surface area contributed by atoms with Crippen molar-refractivity contribution in [2.75, 3.05) is 12.4 Å². The van der Waals surface area contributed by atoms with Crippen LogP contribution in [-0.2, 0) is 25.7 Å². The Morgan fingerprint density at radius 1 is 1.03 bits per heavy atom. The predicted octanol–water partition coefficient (Wildman–Crippen LogP) is 2.80. The van der Waals surface area contributed by atoms with Crippen LogP contribution >= 0.6 is 0 Å². The number of nitrogens with one attached hydrogen (secondary N) is 2. The molecule has 2 aromatic rings. The number of carbonyl (C=O) groups is 2. The topological polar surface area (TPSA) is 102 Å². The third-order valence-corrected chi connectivity index (χ3v) is 5.38. The van der Waals surface area contributed by atoms with Gasteiger partial charge >= 0.3 is 12.1 Å². The number of hydrogen-bond donors (Lipinski definition) is 2. The maximum atomic E-state index is 13.1. The lowest BCUT2D eigenvalue weighted by Gasteiger charge is -2.17. The van der Waals surface area contributed by atoms with E-state index in [4.69, 9.17) is 0 Å². The minimum atomic E-state index is -4.88. The van der Waals surface area contributed by atoms with Crippen molar-refractivity contribution in [1.29, 1.82) is 0 Å². The first-order valence-corrected chi connectivity index (χ1v) is 9.62. The maximum Gasteiger partial charge on any atom is 0.417 e. The monoisotopic (exact) mass is 430 g/mol. The Hall–Kier alpha value is -2.92. The fraction of sp³-hybridized carbons (Fsp3) is 0.222. The zero-order chi connectivity index (χ0) is 21.8. The van der Waals surface area contributed by atoms with Crippen LogP contribution in [0.25, 0.3) is 0 Å². The molecule has 0 bridgehead atoms. The summed E-state index contributed by atoms with van der Waals surface area (Å²) in [4.78, 5) is 22.6. The van der Waals surface area contributed by atoms with E-state index in [1.165, 1.54) is 38.3 Å². The number of esters is 1. The molecular formula is C18H17F3N2O5S. The number of hydrogen-bond acceptors (Lipinski definition) is 5. The number of amides is 1. The summed E-state index contributed by atoms with van der Waals surface area (Å²) >= 11 is 0. The number of methoxy groups -OCH3 is 1. The molecule has 2 aromatic carbocycles. The van der Waals surface area contributed by atoms with E-state index in [9.17, 15) is 31.2 Å². The van der Waals surface area contributed by atoms with Crippen LogP contribution in [0.1, 0.15) is 22.8 Å². The lowest BCUT2D eigenvalue weighted by Crippen LogP contribution is -2.42. The molecule has 156 valence electrons. The van der Waals surface area contributed by atoms with Gasteiger partial charge < -0.3 is 10.1 Å². The van der Waals surface area contributed by atoms with Gasteiger partial charge in [-0.3, -0.25) is 4.79 Å². The summed E-state index contributed by atoms with van der Waals surface area (Å²) in [7, 11) is -3.41. The molecule has 2 N–H and O–H groups in total. The Balaban J connectivity index is 2.14. The molecule has 1 amide bonds. The SMILES string of the molecule is COC(=O)c1ccc(NC(=O)[C@@H](C)NS(=O)(=O)c2ccccc2C(F)(F)F)cc1. The molecule has 11 heteroatoms. The van der Waals surface area contributed by atoms with Crippen LogP contribution in [0.3, 0.4) is 0 Å². The molecule has 29 heavy (non-hydrogen) atoms. The van der Waals surface area contributed by atoms with Gasteiger partial charge in [-0.2, -0.15) is 17.9 Å². The number of anilines is 1. The van der Waals surface area contributed by atoms with Crippen LogP contribution in [0.5, 0.6) is 0 Å². The van der Waals surface area contributed by atoms with E-state index in [2.05, 4.69) is 10.1 Å². The Kier molecular flexibility index (Phi) is 6.65. The van der Waals surface area contributed by atoms with Gasteiger partial charge in [-0.25, -0.2) is 13.2 Å². The van der Waals surface area contributed by atoms with E-state index in [1.807, 2.05) is 4.72 Å². The molecule has 0 saturated carbocycles. The lowest BCUT2D eigenvalue weighted by atomic mass is 10.2. The van der Waals surface area contributed by atoms with E-state index in [0.717, 1.165) is 18.2 Å². The zero-order valence-electron chi connectivity index (χ0n) is 15.3. The first-order chi connectivity index (χ1) is 13.5. The number of rotatable bonds is 6. The van der Waals surface area contributed by atoms with Crippen molar-refractivity contribution < 1.29 is 35.9 Å².